The summed E-state index contributed by atoms with van der Waals surface area (Å²) in [5.74, 6) is 0.00977. The average Bonchev–Trinajstić information content (AvgIpc) is 2.75. The van der Waals surface area contributed by atoms with E-state index in [4.69, 9.17) is 10.5 Å². The number of Topliss-reactive ketones (excluding diaryl/α,β-unsaturated/α-hetero) is 1. The van der Waals surface area contributed by atoms with Crippen LogP contribution in [0.15, 0.2) is 59.1 Å². The highest BCUT2D eigenvalue weighted by Crippen LogP contribution is 2.36. The van der Waals surface area contributed by atoms with Crippen molar-refractivity contribution in [3.63, 3.8) is 0 Å². The number of carbonyl (C=O) groups is 1. The van der Waals surface area contributed by atoms with Crippen LogP contribution in [0, 0.1) is 0 Å². The van der Waals surface area contributed by atoms with Gasteiger partial charge in [-0.15, -0.1) is 0 Å². The molecule has 1 aliphatic rings. The fourth-order valence-corrected chi connectivity index (χ4v) is 2.57. The summed E-state index contributed by atoms with van der Waals surface area (Å²) in [4.78, 5) is 16.5. The van der Waals surface area contributed by atoms with Crippen molar-refractivity contribution < 1.29 is 9.53 Å². The molecule has 1 aromatic heterocycles. The van der Waals surface area contributed by atoms with Crippen LogP contribution in [0.25, 0.3) is 5.57 Å². The number of ether oxygens (including phenoxy) is 1. The molecular weight excluding hydrogens is 320 g/mol. The summed E-state index contributed by atoms with van der Waals surface area (Å²) in [5, 5.41) is 0. The third-order valence-corrected chi connectivity index (χ3v) is 3.57. The van der Waals surface area contributed by atoms with Crippen molar-refractivity contribution in [2.75, 3.05) is 0 Å². The number of halogens is 1. The maximum absolute atomic E-state index is 12.5. The molecule has 2 aromatic rings. The Bertz CT molecular complexity index is 698. The zero-order valence-electron chi connectivity index (χ0n) is 10.4. The Morgan fingerprint density at radius 3 is 2.80 bits per heavy atom. The number of hydrogen-bond donors (Lipinski definition) is 1. The van der Waals surface area contributed by atoms with E-state index in [1.54, 1.807) is 24.5 Å². The molecule has 100 valence electrons. The van der Waals surface area contributed by atoms with Crippen molar-refractivity contribution in [2.24, 2.45) is 5.73 Å². The molecule has 0 radical (unpaired) electrons. The molecule has 3 rings (SSSR count). The van der Waals surface area contributed by atoms with Crippen LogP contribution in [-0.4, -0.2) is 10.8 Å². The van der Waals surface area contributed by atoms with Crippen LogP contribution in [0.1, 0.15) is 17.2 Å². The predicted molar refractivity (Wildman–Crippen MR) is 78.3 cm³/mol. The quantitative estimate of drug-likeness (QED) is 0.919. The highest BCUT2D eigenvalue weighted by Gasteiger charge is 2.36. The van der Waals surface area contributed by atoms with E-state index in [1.165, 1.54) is 0 Å². The Hall–Kier alpha value is -2.14. The van der Waals surface area contributed by atoms with E-state index >= 15 is 0 Å². The van der Waals surface area contributed by atoms with Gasteiger partial charge in [0.05, 0.1) is 5.57 Å². The van der Waals surface area contributed by atoms with Crippen LogP contribution in [0.3, 0.4) is 0 Å². The Labute approximate surface area is 124 Å². The molecule has 0 fully saturated rings. The number of pyridine rings is 1. The van der Waals surface area contributed by atoms with Gasteiger partial charge in [0.25, 0.3) is 0 Å². The summed E-state index contributed by atoms with van der Waals surface area (Å²) in [6, 6.07) is 11.0. The molecule has 1 atom stereocenters. The summed E-state index contributed by atoms with van der Waals surface area (Å²) in [6.45, 7) is 0. The minimum absolute atomic E-state index is 0.145. The van der Waals surface area contributed by atoms with E-state index in [2.05, 4.69) is 20.9 Å². The second-order valence-electron chi connectivity index (χ2n) is 4.40. The number of carbonyl (C=O) groups excluding carboxylic acids is 1. The Balaban J connectivity index is 1.98. The second-order valence-corrected chi connectivity index (χ2v) is 5.31. The van der Waals surface area contributed by atoms with Crippen LogP contribution in [0.2, 0.25) is 0 Å². The van der Waals surface area contributed by atoms with Crippen molar-refractivity contribution in [2.45, 2.75) is 6.10 Å². The summed E-state index contributed by atoms with van der Waals surface area (Å²) < 4.78 is 6.40. The average molecular weight is 331 g/mol. The molecule has 20 heavy (non-hydrogen) atoms. The lowest BCUT2D eigenvalue weighted by Gasteiger charge is -2.09. The number of rotatable bonds is 2. The number of ketones is 1. The lowest BCUT2D eigenvalue weighted by molar-refractivity contribution is -0.120. The smallest absolute Gasteiger partial charge is 0.214 e. The van der Waals surface area contributed by atoms with Crippen molar-refractivity contribution in [3.05, 3.63) is 70.3 Å². The number of nitrogens with zero attached hydrogens (tertiary/aromatic N) is 1. The first kappa shape index (κ1) is 12.9. The van der Waals surface area contributed by atoms with Gasteiger partial charge in [-0.1, -0.05) is 34.1 Å². The summed E-state index contributed by atoms with van der Waals surface area (Å²) in [6.07, 6.45) is 2.55. The van der Waals surface area contributed by atoms with Gasteiger partial charge in [0, 0.05) is 22.4 Å². The molecule has 2 heterocycles. The van der Waals surface area contributed by atoms with Gasteiger partial charge in [-0.25, -0.2) is 0 Å². The van der Waals surface area contributed by atoms with Crippen LogP contribution < -0.4 is 5.73 Å². The number of benzene rings is 1. The molecule has 0 saturated heterocycles. The van der Waals surface area contributed by atoms with E-state index in [1.807, 2.05) is 24.3 Å². The fourth-order valence-electron chi connectivity index (χ4n) is 2.17. The zero-order valence-corrected chi connectivity index (χ0v) is 12.0. The van der Waals surface area contributed by atoms with Crippen molar-refractivity contribution in [1.82, 2.24) is 4.98 Å². The van der Waals surface area contributed by atoms with Gasteiger partial charge in [-0.3, -0.25) is 9.78 Å². The predicted octanol–water partition coefficient (Wildman–Crippen LogP) is 2.81. The molecule has 2 N–H and O–H groups in total. The van der Waals surface area contributed by atoms with Gasteiger partial charge >= 0.3 is 0 Å². The van der Waals surface area contributed by atoms with Gasteiger partial charge < -0.3 is 10.5 Å². The normalized spacial score (nSPS) is 18.2. The molecule has 5 heteroatoms. The van der Waals surface area contributed by atoms with Gasteiger partial charge in [0.1, 0.15) is 0 Å². The number of aromatic nitrogens is 1. The fraction of sp³-hybridized carbons (Fsp3) is 0.0667. The summed E-state index contributed by atoms with van der Waals surface area (Å²) in [5.41, 5.74) is 7.74. The van der Waals surface area contributed by atoms with Gasteiger partial charge in [-0.2, -0.15) is 0 Å². The highest BCUT2D eigenvalue weighted by molar-refractivity contribution is 9.10. The van der Waals surface area contributed by atoms with Gasteiger partial charge in [-0.05, 0) is 23.8 Å². The largest absolute Gasteiger partial charge is 0.462 e. The van der Waals surface area contributed by atoms with E-state index in [-0.39, 0.29) is 11.7 Å². The molecule has 1 aliphatic heterocycles. The second kappa shape index (κ2) is 5.09. The minimum atomic E-state index is -0.710. The minimum Gasteiger partial charge on any atom is -0.462 e. The van der Waals surface area contributed by atoms with Crippen LogP contribution in [-0.2, 0) is 9.53 Å². The van der Waals surface area contributed by atoms with Crippen LogP contribution >= 0.6 is 15.9 Å². The first-order valence-electron chi connectivity index (χ1n) is 6.03. The van der Waals surface area contributed by atoms with E-state index in [9.17, 15) is 4.79 Å². The molecule has 1 unspecified atom stereocenters. The van der Waals surface area contributed by atoms with E-state index in [0.717, 1.165) is 10.0 Å². The maximum Gasteiger partial charge on any atom is 0.214 e. The Morgan fingerprint density at radius 2 is 2.10 bits per heavy atom. The molecule has 0 bridgehead atoms. The van der Waals surface area contributed by atoms with Crippen molar-refractivity contribution in [3.8, 4) is 0 Å². The summed E-state index contributed by atoms with van der Waals surface area (Å²) in [7, 11) is 0. The number of nitrogens with two attached hydrogens (primary N) is 1. The van der Waals surface area contributed by atoms with Crippen LogP contribution in [0.4, 0.5) is 0 Å². The first-order valence-corrected chi connectivity index (χ1v) is 6.82. The van der Waals surface area contributed by atoms with Gasteiger partial charge in [0.15, 0.2) is 12.0 Å². The first-order chi connectivity index (χ1) is 9.66. The standard InChI is InChI=1S/C15H11BrN2O2/c16-11-5-1-3-9(7-11)12-13(19)14(20-15(12)17)10-4-2-6-18-8-10/h1-8,14H,17H2. The monoisotopic (exact) mass is 330 g/mol. The van der Waals surface area contributed by atoms with E-state index < -0.39 is 6.10 Å². The lowest BCUT2D eigenvalue weighted by Crippen LogP contribution is -2.09. The van der Waals surface area contributed by atoms with Crippen molar-refractivity contribution in [1.29, 1.82) is 0 Å². The molecule has 0 spiro atoms. The topological polar surface area (TPSA) is 65.2 Å². The third kappa shape index (κ3) is 2.20. The molecule has 1 aromatic carbocycles. The Kier molecular flexibility index (Phi) is 3.28. The third-order valence-electron chi connectivity index (χ3n) is 3.08. The van der Waals surface area contributed by atoms with Gasteiger partial charge in [0.2, 0.25) is 5.78 Å². The van der Waals surface area contributed by atoms with E-state index in [0.29, 0.717) is 11.1 Å². The molecule has 0 amide bonds. The molecule has 0 saturated carbocycles. The maximum atomic E-state index is 12.5. The molecule has 4 nitrogen and oxygen atoms in total. The van der Waals surface area contributed by atoms with Crippen LogP contribution in [0.5, 0.6) is 0 Å². The molecule has 0 aliphatic carbocycles. The zero-order chi connectivity index (χ0) is 14.1. The Morgan fingerprint density at radius 1 is 1.25 bits per heavy atom. The summed E-state index contributed by atoms with van der Waals surface area (Å²) >= 11 is 3.38. The number of hydrogen-bond acceptors (Lipinski definition) is 4. The molecular formula is C15H11BrN2O2. The highest BCUT2D eigenvalue weighted by atomic mass is 79.9. The SMILES string of the molecule is NC1=C(c2cccc(Br)c2)C(=O)C(c2cccnc2)O1. The van der Waals surface area contributed by atoms with Crippen molar-refractivity contribution >= 4 is 27.3 Å². The lowest BCUT2D eigenvalue weighted by atomic mass is 9.98.